The largest absolute Gasteiger partial charge is 0.496 e. The van der Waals surface area contributed by atoms with Crippen LogP contribution in [-0.4, -0.2) is 51.4 Å². The van der Waals surface area contributed by atoms with E-state index in [0.717, 1.165) is 19.2 Å². The third-order valence-corrected chi connectivity index (χ3v) is 6.26. The van der Waals surface area contributed by atoms with Crippen LogP contribution in [0, 0.1) is 0 Å². The molecule has 2 aromatic carbocycles. The molecule has 202 valence electrons. The number of aromatic nitrogens is 1. The number of hydrogen-bond acceptors (Lipinski definition) is 8. The Bertz CT molecular complexity index is 1360. The fourth-order valence-electron chi connectivity index (χ4n) is 4.36. The molecule has 0 unspecified atom stereocenters. The van der Waals surface area contributed by atoms with Gasteiger partial charge in [0.2, 0.25) is 12.7 Å². The molecule has 2 heterocycles. The first-order valence-corrected chi connectivity index (χ1v) is 11.5. The number of ether oxygens (including phenoxy) is 6. The summed E-state index contributed by atoms with van der Waals surface area (Å²) in [6, 6.07) is 9.99. The molecule has 0 aliphatic carbocycles. The molecule has 0 radical (unpaired) electrons. The van der Waals surface area contributed by atoms with Gasteiger partial charge in [-0.05, 0) is 24.6 Å². The molecule has 8 nitrogen and oxygen atoms in total. The summed E-state index contributed by atoms with van der Waals surface area (Å²) < 4.78 is 75.6. The number of benzene rings is 2. The summed E-state index contributed by atoms with van der Waals surface area (Å²) in [4.78, 5) is 17.8. The molecule has 0 spiro atoms. The van der Waals surface area contributed by atoms with Crippen molar-refractivity contribution in [2.45, 2.75) is 31.2 Å². The standard InChI is InChI=1S/C27H26F3NO7/c1-15(2)20(38-25(32)26(35-5,27(28,29)30)16-9-7-6-8-10-16)13-18-22(33-3)17-11-12-19-23(37-14-36-19)21(17)31-24(18)34-4/h6-12,20H,1,13-14H2,2-5H3/t20-,26+/m0/s1. The summed E-state index contributed by atoms with van der Waals surface area (Å²) in [5.41, 5.74) is -2.71. The number of pyridine rings is 1. The lowest BCUT2D eigenvalue weighted by Crippen LogP contribution is -2.52. The highest BCUT2D eigenvalue weighted by Gasteiger charge is 2.64. The molecule has 1 aliphatic heterocycles. The zero-order valence-electron chi connectivity index (χ0n) is 21.2. The molecule has 0 fully saturated rings. The monoisotopic (exact) mass is 533 g/mol. The van der Waals surface area contributed by atoms with Gasteiger partial charge < -0.3 is 28.4 Å². The number of nitrogens with zero attached hydrogens (tertiary/aromatic N) is 1. The quantitative estimate of drug-likeness (QED) is 0.277. The second-order valence-corrected chi connectivity index (χ2v) is 8.52. The third-order valence-electron chi connectivity index (χ3n) is 6.26. The van der Waals surface area contributed by atoms with Crippen LogP contribution in [0.2, 0.25) is 0 Å². The molecule has 2 atom stereocenters. The maximum Gasteiger partial charge on any atom is 0.432 e. The molecule has 4 rings (SSSR count). The van der Waals surface area contributed by atoms with Crippen molar-refractivity contribution in [2.24, 2.45) is 0 Å². The molecule has 0 N–H and O–H groups in total. The van der Waals surface area contributed by atoms with E-state index >= 15 is 0 Å². The second kappa shape index (κ2) is 10.4. The number of methoxy groups -OCH3 is 3. The Morgan fingerprint density at radius 2 is 1.79 bits per heavy atom. The summed E-state index contributed by atoms with van der Waals surface area (Å²) in [5.74, 6) is -0.297. The van der Waals surface area contributed by atoms with Crippen LogP contribution in [0.4, 0.5) is 13.2 Å². The van der Waals surface area contributed by atoms with Gasteiger partial charge in [-0.2, -0.15) is 13.2 Å². The van der Waals surface area contributed by atoms with Crippen molar-refractivity contribution in [1.29, 1.82) is 0 Å². The molecule has 1 aliphatic rings. The van der Waals surface area contributed by atoms with Gasteiger partial charge in [0.25, 0.3) is 5.60 Å². The number of carbonyl (C=O) groups is 1. The van der Waals surface area contributed by atoms with E-state index in [1.54, 1.807) is 12.1 Å². The lowest BCUT2D eigenvalue weighted by atomic mass is 9.92. The van der Waals surface area contributed by atoms with Crippen molar-refractivity contribution >= 4 is 16.9 Å². The van der Waals surface area contributed by atoms with Crippen molar-refractivity contribution in [3.63, 3.8) is 0 Å². The SMILES string of the molecule is C=C(C)[C@H](Cc1c(OC)nc2c3c(ccc2c1OC)OCO3)OC(=O)[C@](OC)(c1ccccc1)C(F)(F)F. The van der Waals surface area contributed by atoms with Gasteiger partial charge >= 0.3 is 12.1 Å². The van der Waals surface area contributed by atoms with Crippen LogP contribution in [0.5, 0.6) is 23.1 Å². The van der Waals surface area contributed by atoms with Gasteiger partial charge in [-0.3, -0.25) is 0 Å². The number of halogens is 3. The highest BCUT2D eigenvalue weighted by atomic mass is 19.4. The fraction of sp³-hybridized carbons (Fsp3) is 0.333. The topological polar surface area (TPSA) is 85.3 Å². The van der Waals surface area contributed by atoms with E-state index in [0.29, 0.717) is 33.7 Å². The van der Waals surface area contributed by atoms with Gasteiger partial charge in [0.15, 0.2) is 11.5 Å². The molecule has 1 aromatic heterocycles. The van der Waals surface area contributed by atoms with Crippen molar-refractivity contribution < 1.29 is 46.4 Å². The maximum absolute atomic E-state index is 14.4. The van der Waals surface area contributed by atoms with E-state index in [-0.39, 0.29) is 24.7 Å². The van der Waals surface area contributed by atoms with Crippen LogP contribution in [-0.2, 0) is 26.3 Å². The van der Waals surface area contributed by atoms with Crippen molar-refractivity contribution in [3.8, 4) is 23.1 Å². The first kappa shape index (κ1) is 27.1. The summed E-state index contributed by atoms with van der Waals surface area (Å²) in [6.07, 6.45) is -6.47. The maximum atomic E-state index is 14.4. The molecule has 11 heteroatoms. The first-order valence-electron chi connectivity index (χ1n) is 11.5. The molecule has 0 amide bonds. The van der Waals surface area contributed by atoms with E-state index in [1.807, 2.05) is 0 Å². The molecule has 38 heavy (non-hydrogen) atoms. The Morgan fingerprint density at radius 3 is 2.37 bits per heavy atom. The highest BCUT2D eigenvalue weighted by Crippen LogP contribution is 2.46. The minimum Gasteiger partial charge on any atom is -0.496 e. The minimum absolute atomic E-state index is 0.0259. The average Bonchev–Trinajstić information content (AvgIpc) is 3.37. The summed E-state index contributed by atoms with van der Waals surface area (Å²) in [5, 5.41) is 0.546. The van der Waals surface area contributed by atoms with Crippen LogP contribution in [0.1, 0.15) is 18.1 Å². The lowest BCUT2D eigenvalue weighted by Gasteiger charge is -2.34. The van der Waals surface area contributed by atoms with Crippen LogP contribution in [0.25, 0.3) is 10.9 Å². The molecule has 0 saturated heterocycles. The normalized spacial score (nSPS) is 15.0. The molecule has 3 aromatic rings. The van der Waals surface area contributed by atoms with Crippen LogP contribution >= 0.6 is 0 Å². The number of esters is 1. The first-order chi connectivity index (χ1) is 18.1. The number of fused-ring (bicyclic) bond motifs is 3. The zero-order chi connectivity index (χ0) is 27.7. The average molecular weight is 533 g/mol. The Labute approximate surface area is 216 Å². The molecular formula is C27H26F3NO7. The minimum atomic E-state index is -5.12. The van der Waals surface area contributed by atoms with Gasteiger partial charge in [-0.25, -0.2) is 9.78 Å². The molecule has 0 bridgehead atoms. The van der Waals surface area contributed by atoms with Crippen molar-refractivity contribution in [1.82, 2.24) is 4.98 Å². The van der Waals surface area contributed by atoms with E-state index in [4.69, 9.17) is 28.4 Å². The van der Waals surface area contributed by atoms with Gasteiger partial charge in [-0.15, -0.1) is 0 Å². The summed E-state index contributed by atoms with van der Waals surface area (Å²) in [7, 11) is 3.62. The predicted octanol–water partition coefficient (Wildman–Crippen LogP) is 5.12. The van der Waals surface area contributed by atoms with E-state index in [9.17, 15) is 18.0 Å². The van der Waals surface area contributed by atoms with Gasteiger partial charge in [0.05, 0.1) is 19.8 Å². The Balaban J connectivity index is 1.77. The van der Waals surface area contributed by atoms with Crippen molar-refractivity contribution in [3.05, 3.63) is 65.7 Å². The van der Waals surface area contributed by atoms with Crippen LogP contribution < -0.4 is 18.9 Å². The third kappa shape index (κ3) is 4.47. The number of rotatable bonds is 9. The van der Waals surface area contributed by atoms with Crippen LogP contribution in [0.15, 0.2) is 54.6 Å². The Kier molecular flexibility index (Phi) is 7.41. The van der Waals surface area contributed by atoms with Gasteiger partial charge in [0.1, 0.15) is 17.4 Å². The Hall–Kier alpha value is -3.99. The second-order valence-electron chi connectivity index (χ2n) is 8.52. The molecular weight excluding hydrogens is 507 g/mol. The summed E-state index contributed by atoms with van der Waals surface area (Å²) >= 11 is 0. The van der Waals surface area contributed by atoms with Crippen molar-refractivity contribution in [2.75, 3.05) is 28.1 Å². The van der Waals surface area contributed by atoms with E-state index in [2.05, 4.69) is 11.6 Å². The highest BCUT2D eigenvalue weighted by molar-refractivity contribution is 5.94. The van der Waals surface area contributed by atoms with Crippen LogP contribution in [0.3, 0.4) is 0 Å². The smallest absolute Gasteiger partial charge is 0.432 e. The predicted molar refractivity (Wildman–Crippen MR) is 131 cm³/mol. The van der Waals surface area contributed by atoms with Gasteiger partial charge in [0, 0.05) is 24.5 Å². The lowest BCUT2D eigenvalue weighted by molar-refractivity contribution is -0.277. The number of hydrogen-bond donors (Lipinski definition) is 0. The number of alkyl halides is 3. The van der Waals surface area contributed by atoms with E-state index < -0.39 is 29.4 Å². The number of carbonyl (C=O) groups excluding carboxylic acids is 1. The summed E-state index contributed by atoms with van der Waals surface area (Å²) in [6.45, 7) is 5.39. The molecule has 0 saturated carbocycles. The Morgan fingerprint density at radius 1 is 1.08 bits per heavy atom. The van der Waals surface area contributed by atoms with E-state index in [1.165, 1.54) is 39.3 Å². The fourth-order valence-corrected chi connectivity index (χ4v) is 4.36. The zero-order valence-corrected chi connectivity index (χ0v) is 21.2. The van der Waals surface area contributed by atoms with Gasteiger partial charge in [-0.1, -0.05) is 36.9 Å².